The van der Waals surface area contributed by atoms with Crippen molar-refractivity contribution >= 4 is 16.6 Å². The lowest BCUT2D eigenvalue weighted by atomic mass is 10.0. The Hall–Kier alpha value is -2.94. The van der Waals surface area contributed by atoms with Gasteiger partial charge in [0.1, 0.15) is 11.4 Å². The lowest BCUT2D eigenvalue weighted by Crippen LogP contribution is -2.40. The molecule has 0 unspecified atom stereocenters. The number of halogens is 3. The molecule has 9 heteroatoms. The SMILES string of the molecule is COc1cc(C(F)(F)F)ccc1-c1nnc(N[C@@H]2CCCN(C)C2)c2cnccc12. The molecular weight excluding hydrogens is 395 g/mol. The second-order valence-corrected chi connectivity index (χ2v) is 7.48. The number of rotatable bonds is 4. The minimum absolute atomic E-state index is 0.0897. The number of pyridine rings is 1. The summed E-state index contributed by atoms with van der Waals surface area (Å²) in [7, 11) is 3.42. The predicted octanol–water partition coefficient (Wildman–Crippen LogP) is 4.23. The highest BCUT2D eigenvalue weighted by molar-refractivity contribution is 6.00. The molecule has 6 nitrogen and oxygen atoms in total. The highest BCUT2D eigenvalue weighted by Gasteiger charge is 2.31. The third kappa shape index (κ3) is 4.02. The molecule has 0 aliphatic carbocycles. The summed E-state index contributed by atoms with van der Waals surface area (Å²) in [5, 5.41) is 13.7. The molecule has 1 aliphatic heterocycles. The first-order chi connectivity index (χ1) is 14.4. The summed E-state index contributed by atoms with van der Waals surface area (Å²) in [6, 6.07) is 5.40. The molecule has 0 radical (unpaired) electrons. The van der Waals surface area contributed by atoms with Crippen LogP contribution in [0.25, 0.3) is 22.0 Å². The number of nitrogens with zero attached hydrogens (tertiary/aromatic N) is 4. The van der Waals surface area contributed by atoms with E-state index >= 15 is 0 Å². The molecule has 0 amide bonds. The number of methoxy groups -OCH3 is 1. The fraction of sp³-hybridized carbons (Fsp3) is 0.381. The molecule has 0 bridgehead atoms. The Morgan fingerprint density at radius 1 is 1.17 bits per heavy atom. The molecule has 1 atom stereocenters. The third-order valence-electron chi connectivity index (χ3n) is 5.33. The summed E-state index contributed by atoms with van der Waals surface area (Å²) < 4.78 is 44.5. The van der Waals surface area contributed by atoms with Crippen molar-refractivity contribution < 1.29 is 17.9 Å². The number of hydrogen-bond donors (Lipinski definition) is 1. The number of aromatic nitrogens is 3. The first-order valence-corrected chi connectivity index (χ1v) is 9.68. The number of nitrogens with one attached hydrogen (secondary N) is 1. The molecule has 1 aromatic carbocycles. The van der Waals surface area contributed by atoms with Gasteiger partial charge in [0.2, 0.25) is 0 Å². The van der Waals surface area contributed by atoms with Crippen molar-refractivity contribution in [2.45, 2.75) is 25.1 Å². The fourth-order valence-corrected chi connectivity index (χ4v) is 3.84. The van der Waals surface area contributed by atoms with Crippen LogP contribution in [-0.4, -0.2) is 53.4 Å². The van der Waals surface area contributed by atoms with Crippen LogP contribution in [0, 0.1) is 0 Å². The Labute approximate surface area is 172 Å². The first-order valence-electron chi connectivity index (χ1n) is 9.68. The Bertz CT molecular complexity index is 1060. The van der Waals surface area contributed by atoms with E-state index in [4.69, 9.17) is 4.74 Å². The van der Waals surface area contributed by atoms with E-state index < -0.39 is 11.7 Å². The van der Waals surface area contributed by atoms with Gasteiger partial charge in [0.15, 0.2) is 5.82 Å². The summed E-state index contributed by atoms with van der Waals surface area (Å²) in [5.41, 5.74) is 0.115. The number of hydrogen-bond acceptors (Lipinski definition) is 6. The molecule has 3 heterocycles. The molecular formula is C21H22F3N5O. The zero-order chi connectivity index (χ0) is 21.3. The van der Waals surface area contributed by atoms with Crippen molar-refractivity contribution in [2.24, 2.45) is 0 Å². The standard InChI is InChI=1S/C21H22F3N5O/c1-29-9-3-4-14(12-29)26-20-17-11-25-8-7-15(17)19(27-28-20)16-6-5-13(21(22,23)24)10-18(16)30-2/h5-8,10-11,14H,3-4,9,12H2,1-2H3,(H,26,28)/t14-/m1/s1. The quantitative estimate of drug-likeness (QED) is 0.686. The highest BCUT2D eigenvalue weighted by Crippen LogP contribution is 2.39. The maximum absolute atomic E-state index is 13.1. The lowest BCUT2D eigenvalue weighted by molar-refractivity contribution is -0.137. The number of likely N-dealkylation sites (tertiary alicyclic amines) is 1. The number of ether oxygens (including phenoxy) is 1. The second kappa shape index (κ2) is 8.06. The lowest BCUT2D eigenvalue weighted by Gasteiger charge is -2.30. The van der Waals surface area contributed by atoms with Crippen LogP contribution in [-0.2, 0) is 6.18 Å². The summed E-state index contributed by atoms with van der Waals surface area (Å²) in [6.07, 6.45) is 0.993. The van der Waals surface area contributed by atoms with Gasteiger partial charge in [0.05, 0.1) is 12.7 Å². The van der Waals surface area contributed by atoms with E-state index in [9.17, 15) is 13.2 Å². The normalized spacial score (nSPS) is 17.8. The molecule has 30 heavy (non-hydrogen) atoms. The van der Waals surface area contributed by atoms with Gasteiger partial charge in [-0.2, -0.15) is 13.2 Å². The van der Waals surface area contributed by atoms with Gasteiger partial charge in [-0.1, -0.05) is 0 Å². The van der Waals surface area contributed by atoms with Gasteiger partial charge in [-0.3, -0.25) is 4.98 Å². The molecule has 3 aromatic rings. The van der Waals surface area contributed by atoms with E-state index in [0.29, 0.717) is 17.1 Å². The number of piperidine rings is 1. The molecule has 1 N–H and O–H groups in total. The Morgan fingerprint density at radius 3 is 2.73 bits per heavy atom. The first kappa shape index (κ1) is 20.3. The molecule has 1 aliphatic rings. The average Bonchev–Trinajstić information content (AvgIpc) is 2.73. The summed E-state index contributed by atoms with van der Waals surface area (Å²) in [6.45, 7) is 1.97. The van der Waals surface area contributed by atoms with Crippen LogP contribution >= 0.6 is 0 Å². The predicted molar refractivity (Wildman–Crippen MR) is 108 cm³/mol. The summed E-state index contributed by atoms with van der Waals surface area (Å²) >= 11 is 0. The molecule has 1 saturated heterocycles. The number of likely N-dealkylation sites (N-methyl/N-ethyl adjacent to an activating group) is 1. The number of alkyl halides is 3. The van der Waals surface area contributed by atoms with Crippen molar-refractivity contribution in [3.8, 4) is 17.0 Å². The van der Waals surface area contributed by atoms with Gasteiger partial charge in [-0.25, -0.2) is 0 Å². The van der Waals surface area contributed by atoms with Crippen LogP contribution in [0.5, 0.6) is 5.75 Å². The van der Waals surface area contributed by atoms with E-state index in [1.165, 1.54) is 13.2 Å². The van der Waals surface area contributed by atoms with Gasteiger partial charge in [-0.05, 0) is 50.7 Å². The summed E-state index contributed by atoms with van der Waals surface area (Å²) in [4.78, 5) is 6.47. The smallest absolute Gasteiger partial charge is 0.416 e. The van der Waals surface area contributed by atoms with Crippen LogP contribution < -0.4 is 10.1 Å². The van der Waals surface area contributed by atoms with Crippen molar-refractivity contribution in [3.63, 3.8) is 0 Å². The van der Waals surface area contributed by atoms with Crippen molar-refractivity contribution in [3.05, 3.63) is 42.2 Å². The maximum Gasteiger partial charge on any atom is 0.416 e. The van der Waals surface area contributed by atoms with E-state index in [0.717, 1.165) is 48.8 Å². The molecule has 2 aromatic heterocycles. The number of benzene rings is 1. The minimum Gasteiger partial charge on any atom is -0.496 e. The number of fused-ring (bicyclic) bond motifs is 1. The average molecular weight is 417 g/mol. The van der Waals surface area contributed by atoms with Gasteiger partial charge in [0, 0.05) is 41.3 Å². The fourth-order valence-electron chi connectivity index (χ4n) is 3.84. The maximum atomic E-state index is 13.1. The van der Waals surface area contributed by atoms with Gasteiger partial charge in [-0.15, -0.1) is 10.2 Å². The van der Waals surface area contributed by atoms with E-state index in [1.807, 2.05) is 0 Å². The highest BCUT2D eigenvalue weighted by atomic mass is 19.4. The minimum atomic E-state index is -4.45. The van der Waals surface area contributed by atoms with Crippen LogP contribution in [0.15, 0.2) is 36.7 Å². The van der Waals surface area contributed by atoms with E-state index in [1.54, 1.807) is 18.5 Å². The van der Waals surface area contributed by atoms with Crippen molar-refractivity contribution in [1.82, 2.24) is 20.1 Å². The van der Waals surface area contributed by atoms with E-state index in [2.05, 4.69) is 32.4 Å². The third-order valence-corrected chi connectivity index (χ3v) is 5.33. The van der Waals surface area contributed by atoms with E-state index in [-0.39, 0.29) is 11.8 Å². The molecule has 0 spiro atoms. The largest absolute Gasteiger partial charge is 0.496 e. The van der Waals surface area contributed by atoms with Crippen LogP contribution in [0.2, 0.25) is 0 Å². The number of anilines is 1. The molecule has 0 saturated carbocycles. The summed E-state index contributed by atoms with van der Waals surface area (Å²) in [5.74, 6) is 0.708. The Kier molecular flexibility index (Phi) is 5.46. The molecule has 4 rings (SSSR count). The topological polar surface area (TPSA) is 63.2 Å². The second-order valence-electron chi connectivity index (χ2n) is 7.48. The van der Waals surface area contributed by atoms with Gasteiger partial charge < -0.3 is 15.0 Å². The zero-order valence-corrected chi connectivity index (χ0v) is 16.7. The van der Waals surface area contributed by atoms with Crippen LogP contribution in [0.3, 0.4) is 0 Å². The Balaban J connectivity index is 1.76. The van der Waals surface area contributed by atoms with Gasteiger partial charge in [0.25, 0.3) is 0 Å². The van der Waals surface area contributed by atoms with Crippen molar-refractivity contribution in [2.75, 3.05) is 32.6 Å². The van der Waals surface area contributed by atoms with Gasteiger partial charge >= 0.3 is 6.18 Å². The molecule has 158 valence electrons. The zero-order valence-electron chi connectivity index (χ0n) is 16.7. The monoisotopic (exact) mass is 417 g/mol. The van der Waals surface area contributed by atoms with Crippen LogP contribution in [0.1, 0.15) is 18.4 Å². The Morgan fingerprint density at radius 2 is 2.00 bits per heavy atom. The van der Waals surface area contributed by atoms with Crippen LogP contribution in [0.4, 0.5) is 19.0 Å². The van der Waals surface area contributed by atoms with Crippen molar-refractivity contribution in [1.29, 1.82) is 0 Å². The molecule has 1 fully saturated rings.